The first kappa shape index (κ1) is 15.0. The minimum atomic E-state index is 0.338. The summed E-state index contributed by atoms with van der Waals surface area (Å²) < 4.78 is 11.3. The third kappa shape index (κ3) is 3.32. The highest BCUT2D eigenvalue weighted by molar-refractivity contribution is 8.00. The van der Waals surface area contributed by atoms with Crippen LogP contribution in [0.2, 0.25) is 0 Å². The van der Waals surface area contributed by atoms with E-state index in [1.807, 2.05) is 17.8 Å². The van der Waals surface area contributed by atoms with Crippen molar-refractivity contribution in [1.29, 1.82) is 0 Å². The van der Waals surface area contributed by atoms with E-state index in [0.717, 1.165) is 18.0 Å². The molecule has 0 saturated heterocycles. The van der Waals surface area contributed by atoms with E-state index in [9.17, 15) is 0 Å². The summed E-state index contributed by atoms with van der Waals surface area (Å²) in [5, 5.41) is 3.73. The SMILES string of the molecule is CSC1(CNC(C)c2ccc3c(c2)OCO3)CCCCC1. The second kappa shape index (κ2) is 6.49. The van der Waals surface area contributed by atoms with Crippen molar-refractivity contribution in [3.8, 4) is 11.5 Å². The van der Waals surface area contributed by atoms with Crippen LogP contribution < -0.4 is 14.8 Å². The third-order valence-electron chi connectivity index (χ3n) is 4.82. The highest BCUT2D eigenvalue weighted by Crippen LogP contribution is 2.39. The molecule has 2 aliphatic rings. The van der Waals surface area contributed by atoms with Gasteiger partial charge in [-0.3, -0.25) is 0 Å². The fraction of sp³-hybridized carbons (Fsp3) is 0.647. The summed E-state index contributed by atoms with van der Waals surface area (Å²) in [6, 6.07) is 6.59. The fourth-order valence-electron chi connectivity index (χ4n) is 3.29. The predicted octanol–water partition coefficient (Wildman–Crippen LogP) is 4.13. The summed E-state index contributed by atoms with van der Waals surface area (Å²) in [6.07, 6.45) is 9.10. The van der Waals surface area contributed by atoms with E-state index in [4.69, 9.17) is 9.47 Å². The Morgan fingerprint density at radius 3 is 2.71 bits per heavy atom. The van der Waals surface area contributed by atoms with E-state index in [1.165, 1.54) is 37.7 Å². The molecule has 0 aromatic heterocycles. The zero-order valence-electron chi connectivity index (χ0n) is 13.0. The molecule has 0 amide bonds. The normalized spacial score (nSPS) is 21.2. The lowest BCUT2D eigenvalue weighted by atomic mass is 9.88. The average Bonchev–Trinajstić information content (AvgIpc) is 3.01. The standard InChI is InChI=1S/C17H25NO2S/c1-13(14-6-7-15-16(10-14)20-12-19-15)18-11-17(21-2)8-4-3-5-9-17/h6-7,10,13,18H,3-5,8-9,11-12H2,1-2H3. The van der Waals surface area contributed by atoms with Gasteiger partial charge in [-0.2, -0.15) is 11.8 Å². The highest BCUT2D eigenvalue weighted by atomic mass is 32.2. The Bertz CT molecular complexity index is 486. The zero-order valence-corrected chi connectivity index (χ0v) is 13.8. The lowest BCUT2D eigenvalue weighted by molar-refractivity contribution is 0.174. The van der Waals surface area contributed by atoms with Gasteiger partial charge in [-0.1, -0.05) is 25.3 Å². The molecule has 1 N–H and O–H groups in total. The van der Waals surface area contributed by atoms with Gasteiger partial charge in [-0.15, -0.1) is 0 Å². The lowest BCUT2D eigenvalue weighted by Crippen LogP contribution is -2.40. The van der Waals surface area contributed by atoms with Crippen molar-refractivity contribution in [1.82, 2.24) is 5.32 Å². The molecule has 1 aliphatic heterocycles. The minimum absolute atomic E-state index is 0.338. The average molecular weight is 307 g/mol. The summed E-state index contributed by atoms with van der Waals surface area (Å²) in [7, 11) is 0. The Kier molecular flexibility index (Phi) is 4.65. The first-order valence-corrected chi connectivity index (χ1v) is 9.13. The first-order chi connectivity index (χ1) is 10.2. The molecule has 0 radical (unpaired) electrons. The Hall–Kier alpha value is -0.870. The van der Waals surface area contributed by atoms with Crippen LogP contribution >= 0.6 is 11.8 Å². The van der Waals surface area contributed by atoms with E-state index in [0.29, 0.717) is 17.6 Å². The highest BCUT2D eigenvalue weighted by Gasteiger charge is 2.31. The van der Waals surface area contributed by atoms with Crippen LogP contribution in [0.25, 0.3) is 0 Å². The Morgan fingerprint density at radius 1 is 1.19 bits per heavy atom. The van der Waals surface area contributed by atoms with Crippen LogP contribution in [0.5, 0.6) is 11.5 Å². The largest absolute Gasteiger partial charge is 0.454 e. The van der Waals surface area contributed by atoms with Gasteiger partial charge in [0.1, 0.15) is 0 Å². The monoisotopic (exact) mass is 307 g/mol. The quantitative estimate of drug-likeness (QED) is 0.886. The molecule has 116 valence electrons. The molecule has 1 unspecified atom stereocenters. The van der Waals surface area contributed by atoms with Crippen LogP contribution in [-0.4, -0.2) is 24.3 Å². The minimum Gasteiger partial charge on any atom is -0.454 e. The van der Waals surface area contributed by atoms with Gasteiger partial charge in [0.15, 0.2) is 11.5 Å². The number of hydrogen-bond donors (Lipinski definition) is 1. The summed E-state index contributed by atoms with van der Waals surface area (Å²) in [5.41, 5.74) is 1.27. The van der Waals surface area contributed by atoms with Crippen LogP contribution in [0.1, 0.15) is 50.6 Å². The molecule has 1 atom stereocenters. The Morgan fingerprint density at radius 2 is 1.95 bits per heavy atom. The molecule has 3 rings (SSSR count). The maximum absolute atomic E-state index is 5.47. The molecular weight excluding hydrogens is 282 g/mol. The van der Waals surface area contributed by atoms with E-state index in [1.54, 1.807) is 0 Å². The van der Waals surface area contributed by atoms with Crippen LogP contribution in [0, 0.1) is 0 Å². The molecule has 3 nitrogen and oxygen atoms in total. The van der Waals surface area contributed by atoms with Gasteiger partial charge in [-0.05, 0) is 43.7 Å². The number of nitrogens with one attached hydrogen (secondary N) is 1. The smallest absolute Gasteiger partial charge is 0.231 e. The molecule has 1 aromatic carbocycles. The number of hydrogen-bond acceptors (Lipinski definition) is 4. The van der Waals surface area contributed by atoms with Crippen molar-refractivity contribution in [2.24, 2.45) is 0 Å². The van der Waals surface area contributed by atoms with Crippen molar-refractivity contribution in [2.45, 2.75) is 49.8 Å². The molecule has 1 fully saturated rings. The van der Waals surface area contributed by atoms with Gasteiger partial charge in [0, 0.05) is 17.3 Å². The van der Waals surface area contributed by atoms with E-state index in [-0.39, 0.29) is 0 Å². The molecule has 1 aromatic rings. The van der Waals surface area contributed by atoms with Crippen LogP contribution in [0.15, 0.2) is 18.2 Å². The van der Waals surface area contributed by atoms with Crippen molar-refractivity contribution >= 4 is 11.8 Å². The molecule has 4 heteroatoms. The van der Waals surface area contributed by atoms with Gasteiger partial charge in [0.05, 0.1) is 0 Å². The summed E-state index contributed by atoms with van der Waals surface area (Å²) in [6.45, 7) is 3.66. The first-order valence-electron chi connectivity index (χ1n) is 7.90. The maximum Gasteiger partial charge on any atom is 0.231 e. The second-order valence-electron chi connectivity index (χ2n) is 6.16. The van der Waals surface area contributed by atoms with Crippen molar-refractivity contribution in [3.05, 3.63) is 23.8 Å². The van der Waals surface area contributed by atoms with Crippen LogP contribution in [0.4, 0.5) is 0 Å². The zero-order chi connectivity index (χ0) is 14.7. The van der Waals surface area contributed by atoms with Gasteiger partial charge in [-0.25, -0.2) is 0 Å². The molecule has 1 saturated carbocycles. The number of thioether (sulfide) groups is 1. The van der Waals surface area contributed by atoms with E-state index in [2.05, 4.69) is 30.6 Å². The molecule has 0 bridgehead atoms. The molecular formula is C17H25NO2S. The predicted molar refractivity (Wildman–Crippen MR) is 88.3 cm³/mol. The van der Waals surface area contributed by atoms with E-state index < -0.39 is 0 Å². The van der Waals surface area contributed by atoms with Crippen LogP contribution in [0.3, 0.4) is 0 Å². The lowest BCUT2D eigenvalue weighted by Gasteiger charge is -2.37. The topological polar surface area (TPSA) is 30.5 Å². The summed E-state index contributed by atoms with van der Waals surface area (Å²) >= 11 is 2.04. The number of rotatable bonds is 5. The third-order valence-corrected chi connectivity index (χ3v) is 6.24. The summed E-state index contributed by atoms with van der Waals surface area (Å²) in [4.78, 5) is 0. The van der Waals surface area contributed by atoms with E-state index >= 15 is 0 Å². The van der Waals surface area contributed by atoms with Crippen LogP contribution in [-0.2, 0) is 0 Å². The van der Waals surface area contributed by atoms with Gasteiger partial charge < -0.3 is 14.8 Å². The molecule has 1 heterocycles. The van der Waals surface area contributed by atoms with Gasteiger partial charge >= 0.3 is 0 Å². The van der Waals surface area contributed by atoms with Crippen molar-refractivity contribution in [2.75, 3.05) is 19.6 Å². The van der Waals surface area contributed by atoms with Gasteiger partial charge in [0.25, 0.3) is 0 Å². The molecule has 1 aliphatic carbocycles. The Balaban J connectivity index is 1.62. The number of fused-ring (bicyclic) bond motifs is 1. The van der Waals surface area contributed by atoms with Crippen molar-refractivity contribution < 1.29 is 9.47 Å². The Labute approximate surface area is 131 Å². The molecule has 0 spiro atoms. The number of benzene rings is 1. The number of ether oxygens (including phenoxy) is 2. The fourth-order valence-corrected chi connectivity index (χ4v) is 4.21. The van der Waals surface area contributed by atoms with Gasteiger partial charge in [0.2, 0.25) is 6.79 Å². The maximum atomic E-state index is 5.47. The van der Waals surface area contributed by atoms with Crippen molar-refractivity contribution in [3.63, 3.8) is 0 Å². The summed E-state index contributed by atoms with van der Waals surface area (Å²) in [5.74, 6) is 1.73. The second-order valence-corrected chi connectivity index (χ2v) is 7.44. The molecule has 21 heavy (non-hydrogen) atoms.